The molecule has 0 saturated carbocycles. The standard InChI is InChI=1S/C17H32N2O/c1-15(16(20)19-11-6-4-5-7-12-19)18-13-8-9-17(2,3)10-14-18/h15H,4-14H2,1-3H3/t15-/m0/s1. The van der Waals surface area contributed by atoms with Crippen LogP contribution in [0.5, 0.6) is 0 Å². The molecule has 2 aliphatic rings. The molecule has 0 spiro atoms. The van der Waals surface area contributed by atoms with Crippen molar-refractivity contribution in [2.75, 3.05) is 26.2 Å². The summed E-state index contributed by atoms with van der Waals surface area (Å²) in [7, 11) is 0. The lowest BCUT2D eigenvalue weighted by Gasteiger charge is -2.32. The second-order valence-electron chi connectivity index (χ2n) is 7.47. The highest BCUT2D eigenvalue weighted by molar-refractivity contribution is 5.81. The number of likely N-dealkylation sites (tertiary alicyclic amines) is 2. The molecule has 0 aromatic carbocycles. The van der Waals surface area contributed by atoms with E-state index in [4.69, 9.17) is 0 Å². The Hall–Kier alpha value is -0.570. The van der Waals surface area contributed by atoms with E-state index in [-0.39, 0.29) is 6.04 Å². The van der Waals surface area contributed by atoms with E-state index in [1.54, 1.807) is 0 Å². The van der Waals surface area contributed by atoms with E-state index in [1.807, 2.05) is 0 Å². The van der Waals surface area contributed by atoms with Gasteiger partial charge in [-0.15, -0.1) is 0 Å². The first kappa shape index (κ1) is 15.8. The highest BCUT2D eigenvalue weighted by atomic mass is 16.2. The molecular formula is C17H32N2O. The third-order valence-corrected chi connectivity index (χ3v) is 5.20. The average Bonchev–Trinajstić information content (AvgIpc) is 2.77. The fourth-order valence-corrected chi connectivity index (χ4v) is 3.54. The zero-order valence-corrected chi connectivity index (χ0v) is 13.7. The largest absolute Gasteiger partial charge is 0.341 e. The van der Waals surface area contributed by atoms with E-state index in [0.29, 0.717) is 11.3 Å². The predicted molar refractivity (Wildman–Crippen MR) is 83.7 cm³/mol. The van der Waals surface area contributed by atoms with Crippen molar-refractivity contribution in [2.45, 2.75) is 71.8 Å². The lowest BCUT2D eigenvalue weighted by molar-refractivity contribution is -0.136. The molecule has 1 atom stereocenters. The topological polar surface area (TPSA) is 23.6 Å². The summed E-state index contributed by atoms with van der Waals surface area (Å²) in [5.41, 5.74) is 0.445. The predicted octanol–water partition coefficient (Wildman–Crippen LogP) is 3.29. The minimum Gasteiger partial charge on any atom is -0.341 e. The van der Waals surface area contributed by atoms with Crippen LogP contribution >= 0.6 is 0 Å². The minimum atomic E-state index is 0.0713. The molecule has 3 nitrogen and oxygen atoms in total. The van der Waals surface area contributed by atoms with Crippen LogP contribution in [-0.4, -0.2) is 47.9 Å². The summed E-state index contributed by atoms with van der Waals surface area (Å²) < 4.78 is 0. The number of hydrogen-bond donors (Lipinski definition) is 0. The molecule has 0 radical (unpaired) electrons. The Morgan fingerprint density at radius 1 is 0.900 bits per heavy atom. The fourth-order valence-electron chi connectivity index (χ4n) is 3.54. The normalized spacial score (nSPS) is 26.6. The maximum absolute atomic E-state index is 12.7. The van der Waals surface area contributed by atoms with Crippen LogP contribution in [0.3, 0.4) is 0 Å². The fraction of sp³-hybridized carbons (Fsp3) is 0.941. The molecule has 1 amide bonds. The summed E-state index contributed by atoms with van der Waals surface area (Å²) >= 11 is 0. The number of carbonyl (C=O) groups excluding carboxylic acids is 1. The van der Waals surface area contributed by atoms with Gasteiger partial charge in [0.2, 0.25) is 5.91 Å². The van der Waals surface area contributed by atoms with Gasteiger partial charge >= 0.3 is 0 Å². The van der Waals surface area contributed by atoms with Gasteiger partial charge in [0.25, 0.3) is 0 Å². The molecule has 0 bridgehead atoms. The minimum absolute atomic E-state index is 0.0713. The van der Waals surface area contributed by atoms with Gasteiger partial charge in [0.1, 0.15) is 0 Å². The summed E-state index contributed by atoms with van der Waals surface area (Å²) in [6, 6.07) is 0.0713. The second kappa shape index (κ2) is 6.93. The highest BCUT2D eigenvalue weighted by Crippen LogP contribution is 2.30. The molecule has 2 aliphatic heterocycles. The molecular weight excluding hydrogens is 248 g/mol. The van der Waals surface area contributed by atoms with E-state index in [9.17, 15) is 4.79 Å². The van der Waals surface area contributed by atoms with Crippen LogP contribution in [0.4, 0.5) is 0 Å². The summed E-state index contributed by atoms with van der Waals surface area (Å²) in [5, 5.41) is 0. The quantitative estimate of drug-likeness (QED) is 0.775. The van der Waals surface area contributed by atoms with Gasteiger partial charge in [-0.2, -0.15) is 0 Å². The number of carbonyl (C=O) groups is 1. The molecule has 0 N–H and O–H groups in total. The Bertz CT molecular complexity index is 319. The monoisotopic (exact) mass is 280 g/mol. The van der Waals surface area contributed by atoms with Crippen LogP contribution in [0.15, 0.2) is 0 Å². The lowest BCUT2D eigenvalue weighted by Crippen LogP contribution is -2.47. The van der Waals surface area contributed by atoms with E-state index in [0.717, 1.165) is 26.2 Å². The SMILES string of the molecule is C[C@@H](C(=O)N1CCCCCC1)N1CCCC(C)(C)CC1. The molecule has 3 heteroatoms. The van der Waals surface area contributed by atoms with Gasteiger partial charge in [-0.1, -0.05) is 26.7 Å². The number of amides is 1. The van der Waals surface area contributed by atoms with Crippen molar-refractivity contribution in [2.24, 2.45) is 5.41 Å². The third kappa shape index (κ3) is 4.21. The van der Waals surface area contributed by atoms with Gasteiger partial charge < -0.3 is 4.90 Å². The van der Waals surface area contributed by atoms with Crippen molar-refractivity contribution in [1.82, 2.24) is 9.80 Å². The molecule has 2 saturated heterocycles. The first-order valence-electron chi connectivity index (χ1n) is 8.52. The number of nitrogens with zero attached hydrogens (tertiary/aromatic N) is 2. The third-order valence-electron chi connectivity index (χ3n) is 5.20. The first-order chi connectivity index (χ1) is 9.49. The Balaban J connectivity index is 1.92. The van der Waals surface area contributed by atoms with Gasteiger partial charge in [0, 0.05) is 13.1 Å². The van der Waals surface area contributed by atoms with Crippen LogP contribution in [0, 0.1) is 5.41 Å². The Kier molecular flexibility index (Phi) is 5.48. The van der Waals surface area contributed by atoms with Crippen molar-refractivity contribution in [3.8, 4) is 0 Å². The smallest absolute Gasteiger partial charge is 0.239 e. The lowest BCUT2D eigenvalue weighted by atomic mass is 9.85. The van der Waals surface area contributed by atoms with Crippen LogP contribution in [-0.2, 0) is 4.79 Å². The van der Waals surface area contributed by atoms with Crippen molar-refractivity contribution in [3.05, 3.63) is 0 Å². The highest BCUT2D eigenvalue weighted by Gasteiger charge is 2.30. The van der Waals surface area contributed by atoms with E-state index < -0.39 is 0 Å². The summed E-state index contributed by atoms with van der Waals surface area (Å²) in [4.78, 5) is 17.2. The van der Waals surface area contributed by atoms with Crippen LogP contribution in [0.1, 0.15) is 65.7 Å². The number of hydrogen-bond acceptors (Lipinski definition) is 2. The molecule has 20 heavy (non-hydrogen) atoms. The summed E-state index contributed by atoms with van der Waals surface area (Å²) in [5.74, 6) is 0.367. The van der Waals surface area contributed by atoms with Crippen LogP contribution in [0.2, 0.25) is 0 Å². The molecule has 2 rings (SSSR count). The molecule has 0 aliphatic carbocycles. The maximum atomic E-state index is 12.7. The second-order valence-corrected chi connectivity index (χ2v) is 7.47. The molecule has 0 unspecified atom stereocenters. The van der Waals surface area contributed by atoms with Gasteiger partial charge in [-0.3, -0.25) is 9.69 Å². The maximum Gasteiger partial charge on any atom is 0.239 e. The molecule has 0 aromatic heterocycles. The Morgan fingerprint density at radius 3 is 2.20 bits per heavy atom. The van der Waals surface area contributed by atoms with Crippen molar-refractivity contribution < 1.29 is 4.79 Å². The molecule has 2 heterocycles. The first-order valence-corrected chi connectivity index (χ1v) is 8.52. The van der Waals surface area contributed by atoms with Gasteiger partial charge in [0.05, 0.1) is 6.04 Å². The number of rotatable bonds is 2. The zero-order valence-electron chi connectivity index (χ0n) is 13.7. The van der Waals surface area contributed by atoms with Crippen molar-refractivity contribution >= 4 is 5.91 Å². The van der Waals surface area contributed by atoms with Crippen molar-refractivity contribution in [3.63, 3.8) is 0 Å². The van der Waals surface area contributed by atoms with Crippen molar-refractivity contribution in [1.29, 1.82) is 0 Å². The zero-order chi connectivity index (χ0) is 14.6. The van der Waals surface area contributed by atoms with Crippen LogP contribution < -0.4 is 0 Å². The molecule has 116 valence electrons. The Labute approximate surface area is 124 Å². The van der Waals surface area contributed by atoms with Gasteiger partial charge in [-0.25, -0.2) is 0 Å². The summed E-state index contributed by atoms with van der Waals surface area (Å²) in [6.07, 6.45) is 8.67. The summed E-state index contributed by atoms with van der Waals surface area (Å²) in [6.45, 7) is 10.9. The molecule has 2 fully saturated rings. The van der Waals surface area contributed by atoms with E-state index in [2.05, 4.69) is 30.6 Å². The Morgan fingerprint density at radius 2 is 1.55 bits per heavy atom. The van der Waals surface area contributed by atoms with Gasteiger partial charge in [-0.05, 0) is 57.5 Å². The van der Waals surface area contributed by atoms with E-state index in [1.165, 1.54) is 44.9 Å². The average molecular weight is 280 g/mol. The van der Waals surface area contributed by atoms with Crippen LogP contribution in [0.25, 0.3) is 0 Å². The van der Waals surface area contributed by atoms with E-state index >= 15 is 0 Å². The van der Waals surface area contributed by atoms with Gasteiger partial charge in [0.15, 0.2) is 0 Å². The molecule has 0 aromatic rings.